The number of carbonyl (C=O) groups is 2. The van der Waals surface area contributed by atoms with Gasteiger partial charge in [0.15, 0.2) is 24.7 Å². The number of rotatable bonds is 10. The summed E-state index contributed by atoms with van der Waals surface area (Å²) in [6, 6.07) is 13.0. The minimum absolute atomic E-state index is 0.312. The van der Waals surface area contributed by atoms with E-state index >= 15 is 0 Å². The highest BCUT2D eigenvalue weighted by Gasteiger charge is 2.14. The summed E-state index contributed by atoms with van der Waals surface area (Å²) in [5, 5.41) is 2.81. The highest BCUT2D eigenvalue weighted by Crippen LogP contribution is 2.29. The fraction of sp³-hybridized carbons (Fsp3) is 0.333. The Labute approximate surface area is 177 Å². The van der Waals surface area contributed by atoms with Gasteiger partial charge in [0, 0.05) is 5.69 Å². The van der Waals surface area contributed by atoms with E-state index in [2.05, 4.69) is 19.2 Å². The lowest BCUT2D eigenvalue weighted by molar-refractivity contribution is -0.149. The molecule has 1 amide bonds. The molecule has 2 aromatic carbocycles. The summed E-state index contributed by atoms with van der Waals surface area (Å²) in [5.74, 6) is 0.214. The zero-order chi connectivity index (χ0) is 21.9. The van der Waals surface area contributed by atoms with Crippen LogP contribution in [0.4, 0.5) is 5.69 Å². The lowest BCUT2D eigenvalue weighted by atomic mass is 9.97. The summed E-state index contributed by atoms with van der Waals surface area (Å²) < 4.78 is 15.8. The third-order valence-corrected chi connectivity index (χ3v) is 4.63. The average molecular weight is 411 g/mol. The van der Waals surface area contributed by atoms with E-state index in [4.69, 9.17) is 14.2 Å². The molecular weight excluding hydrogens is 382 g/mol. The number of anilines is 1. The molecule has 0 saturated carbocycles. The summed E-state index contributed by atoms with van der Waals surface area (Å²) in [6.07, 6.45) is 4.80. The number of hydrogen-bond donors (Lipinski definition) is 1. The first kappa shape index (κ1) is 23.0. The van der Waals surface area contributed by atoms with E-state index < -0.39 is 11.9 Å². The van der Waals surface area contributed by atoms with E-state index in [-0.39, 0.29) is 13.2 Å². The molecule has 6 heteroatoms. The molecule has 0 aromatic heterocycles. The molecule has 2 aromatic rings. The van der Waals surface area contributed by atoms with E-state index in [0.717, 1.165) is 23.2 Å². The SMILES string of the molecule is C/C=C/c1ccc(OCC(=O)OCC(=O)Nc2ccccc2[C@@H](C)CC)c(OC)c1. The molecule has 0 spiro atoms. The predicted octanol–water partition coefficient (Wildman–Crippen LogP) is 4.80. The van der Waals surface area contributed by atoms with Crippen LogP contribution < -0.4 is 14.8 Å². The van der Waals surface area contributed by atoms with Gasteiger partial charge < -0.3 is 19.5 Å². The highest BCUT2D eigenvalue weighted by atomic mass is 16.6. The van der Waals surface area contributed by atoms with Crippen LogP contribution >= 0.6 is 0 Å². The van der Waals surface area contributed by atoms with Crippen molar-refractivity contribution in [1.29, 1.82) is 0 Å². The van der Waals surface area contributed by atoms with E-state index in [9.17, 15) is 9.59 Å². The molecule has 0 heterocycles. The van der Waals surface area contributed by atoms with Gasteiger partial charge in [0.2, 0.25) is 0 Å². The van der Waals surface area contributed by atoms with Gasteiger partial charge in [-0.05, 0) is 48.6 Å². The van der Waals surface area contributed by atoms with Crippen LogP contribution in [0.1, 0.15) is 44.2 Å². The Morgan fingerprint density at radius 2 is 1.87 bits per heavy atom. The number of benzene rings is 2. The molecule has 2 rings (SSSR count). The number of ether oxygens (including phenoxy) is 3. The van der Waals surface area contributed by atoms with Gasteiger partial charge >= 0.3 is 5.97 Å². The Bertz CT molecular complexity index is 891. The standard InChI is InChI=1S/C24H29NO5/c1-5-9-18-12-13-21(22(14-18)28-4)29-16-24(27)30-15-23(26)25-20-11-8-7-10-19(20)17(3)6-2/h5,7-14,17H,6,15-16H2,1-4H3,(H,25,26)/b9-5+/t17-/m0/s1. The van der Waals surface area contributed by atoms with Crippen molar-refractivity contribution in [1.82, 2.24) is 0 Å². The van der Waals surface area contributed by atoms with Gasteiger partial charge in [-0.25, -0.2) is 4.79 Å². The van der Waals surface area contributed by atoms with Crippen molar-refractivity contribution in [3.05, 3.63) is 59.7 Å². The van der Waals surface area contributed by atoms with Crippen molar-refractivity contribution >= 4 is 23.6 Å². The van der Waals surface area contributed by atoms with Crippen LogP contribution in [0, 0.1) is 0 Å². The van der Waals surface area contributed by atoms with Gasteiger partial charge in [-0.2, -0.15) is 0 Å². The molecule has 160 valence electrons. The van der Waals surface area contributed by atoms with Gasteiger partial charge in [-0.3, -0.25) is 4.79 Å². The average Bonchev–Trinajstić information content (AvgIpc) is 2.76. The van der Waals surface area contributed by atoms with Crippen LogP contribution in [0.15, 0.2) is 48.5 Å². The van der Waals surface area contributed by atoms with Gasteiger partial charge in [-0.15, -0.1) is 0 Å². The van der Waals surface area contributed by atoms with Gasteiger partial charge in [-0.1, -0.05) is 50.3 Å². The maximum atomic E-state index is 12.2. The summed E-state index contributed by atoms with van der Waals surface area (Å²) in [5.41, 5.74) is 2.74. The molecular formula is C24H29NO5. The van der Waals surface area contributed by atoms with Crippen LogP contribution in [0.5, 0.6) is 11.5 Å². The second-order valence-electron chi connectivity index (χ2n) is 6.80. The number of amides is 1. The number of carbonyl (C=O) groups excluding carboxylic acids is 2. The zero-order valence-corrected chi connectivity index (χ0v) is 17.9. The normalized spacial score (nSPS) is 11.7. The van der Waals surface area contributed by atoms with Crippen molar-refractivity contribution in [2.24, 2.45) is 0 Å². The molecule has 0 bridgehead atoms. The van der Waals surface area contributed by atoms with E-state index in [1.807, 2.05) is 55.5 Å². The molecule has 0 aliphatic heterocycles. The molecule has 6 nitrogen and oxygen atoms in total. The Hall–Kier alpha value is -3.28. The lowest BCUT2D eigenvalue weighted by Gasteiger charge is -2.15. The lowest BCUT2D eigenvalue weighted by Crippen LogP contribution is -2.24. The summed E-state index contributed by atoms with van der Waals surface area (Å²) in [7, 11) is 1.53. The molecule has 0 saturated heterocycles. The molecule has 0 aliphatic rings. The van der Waals surface area contributed by atoms with Crippen LogP contribution in [0.3, 0.4) is 0 Å². The van der Waals surface area contributed by atoms with Crippen molar-refractivity contribution in [2.45, 2.75) is 33.1 Å². The van der Waals surface area contributed by atoms with Crippen LogP contribution in [0.25, 0.3) is 6.08 Å². The molecule has 0 fully saturated rings. The number of methoxy groups -OCH3 is 1. The first-order valence-corrected chi connectivity index (χ1v) is 9.96. The van der Waals surface area contributed by atoms with Crippen LogP contribution in [-0.2, 0) is 14.3 Å². The third kappa shape index (κ3) is 6.65. The summed E-state index contributed by atoms with van der Waals surface area (Å²) in [4.78, 5) is 24.2. The predicted molar refractivity (Wildman–Crippen MR) is 118 cm³/mol. The van der Waals surface area contributed by atoms with Gasteiger partial charge in [0.25, 0.3) is 5.91 Å². The van der Waals surface area contributed by atoms with Crippen LogP contribution in [0.2, 0.25) is 0 Å². The number of nitrogens with one attached hydrogen (secondary N) is 1. The fourth-order valence-electron chi connectivity index (χ4n) is 2.87. The number of hydrogen-bond acceptors (Lipinski definition) is 5. The second kappa shape index (κ2) is 11.7. The summed E-state index contributed by atoms with van der Waals surface area (Å²) in [6.45, 7) is 5.41. The van der Waals surface area contributed by atoms with Gasteiger partial charge in [0.05, 0.1) is 7.11 Å². The van der Waals surface area contributed by atoms with Crippen LogP contribution in [-0.4, -0.2) is 32.2 Å². The van der Waals surface area contributed by atoms with E-state index in [0.29, 0.717) is 17.4 Å². The van der Waals surface area contributed by atoms with Gasteiger partial charge in [0.1, 0.15) is 0 Å². The van der Waals surface area contributed by atoms with Crippen molar-refractivity contribution in [2.75, 3.05) is 25.6 Å². The maximum absolute atomic E-state index is 12.2. The Balaban J connectivity index is 1.86. The molecule has 1 N–H and O–H groups in total. The van der Waals surface area contributed by atoms with Crippen molar-refractivity contribution in [3.8, 4) is 11.5 Å². The maximum Gasteiger partial charge on any atom is 0.344 e. The largest absolute Gasteiger partial charge is 0.493 e. The molecule has 30 heavy (non-hydrogen) atoms. The fourth-order valence-corrected chi connectivity index (χ4v) is 2.87. The Morgan fingerprint density at radius 3 is 2.57 bits per heavy atom. The molecule has 1 atom stereocenters. The number of allylic oxidation sites excluding steroid dienone is 1. The minimum Gasteiger partial charge on any atom is -0.493 e. The second-order valence-corrected chi connectivity index (χ2v) is 6.80. The zero-order valence-electron chi connectivity index (χ0n) is 17.9. The third-order valence-electron chi connectivity index (χ3n) is 4.63. The molecule has 0 unspecified atom stereocenters. The number of para-hydroxylation sites is 1. The van der Waals surface area contributed by atoms with Crippen molar-refractivity contribution in [3.63, 3.8) is 0 Å². The topological polar surface area (TPSA) is 73.9 Å². The Kier molecular flexibility index (Phi) is 8.94. The first-order valence-electron chi connectivity index (χ1n) is 9.96. The summed E-state index contributed by atoms with van der Waals surface area (Å²) >= 11 is 0. The van der Waals surface area contributed by atoms with E-state index in [1.165, 1.54) is 7.11 Å². The monoisotopic (exact) mass is 411 g/mol. The molecule has 0 radical (unpaired) electrons. The number of esters is 1. The smallest absolute Gasteiger partial charge is 0.344 e. The van der Waals surface area contributed by atoms with E-state index in [1.54, 1.807) is 6.07 Å². The quantitative estimate of drug-likeness (QED) is 0.569. The Morgan fingerprint density at radius 1 is 1.10 bits per heavy atom. The first-order chi connectivity index (χ1) is 14.5. The molecule has 0 aliphatic carbocycles. The highest BCUT2D eigenvalue weighted by molar-refractivity contribution is 5.93. The minimum atomic E-state index is -0.639. The van der Waals surface area contributed by atoms with Crippen molar-refractivity contribution < 1.29 is 23.8 Å².